The van der Waals surface area contributed by atoms with Crippen LogP contribution < -0.4 is 0 Å². The number of ketones is 1. The molecule has 2 rings (SSSR count). The van der Waals surface area contributed by atoms with Crippen LogP contribution in [0.1, 0.15) is 33.0 Å². The van der Waals surface area contributed by atoms with Gasteiger partial charge in [-0.1, -0.05) is 6.07 Å². The van der Waals surface area contributed by atoms with Crippen molar-refractivity contribution in [1.82, 2.24) is 9.47 Å². The standard InChI is InChI=1S/C18H24N2O3S/c1-13-11-16(17(21)12-19(3)8-7-18(22)23)14(2)20(13)9-6-15-5-4-10-24-15/h4-5,10-11H,6-9,12H2,1-3H3,(H,22,23). The van der Waals surface area contributed by atoms with E-state index >= 15 is 0 Å². The number of carbonyl (C=O) groups excluding carboxylic acids is 1. The molecule has 0 saturated carbocycles. The third kappa shape index (κ3) is 4.79. The van der Waals surface area contributed by atoms with Gasteiger partial charge in [0.25, 0.3) is 0 Å². The number of hydrogen-bond acceptors (Lipinski definition) is 4. The van der Waals surface area contributed by atoms with Crippen molar-refractivity contribution in [2.45, 2.75) is 33.2 Å². The van der Waals surface area contributed by atoms with E-state index in [0.29, 0.717) is 6.54 Å². The van der Waals surface area contributed by atoms with Crippen LogP contribution in [0, 0.1) is 13.8 Å². The zero-order valence-corrected chi connectivity index (χ0v) is 15.2. The van der Waals surface area contributed by atoms with Gasteiger partial charge in [0.2, 0.25) is 0 Å². The van der Waals surface area contributed by atoms with Gasteiger partial charge in [0.05, 0.1) is 13.0 Å². The first-order valence-electron chi connectivity index (χ1n) is 8.01. The SMILES string of the molecule is Cc1cc(C(=O)CN(C)CCC(=O)O)c(C)n1CCc1cccs1. The molecule has 0 fully saturated rings. The van der Waals surface area contributed by atoms with Crippen LogP contribution in [0.25, 0.3) is 0 Å². The Labute approximate surface area is 146 Å². The van der Waals surface area contributed by atoms with Gasteiger partial charge in [-0.25, -0.2) is 0 Å². The second-order valence-electron chi connectivity index (χ2n) is 6.07. The van der Waals surface area contributed by atoms with Crippen molar-refractivity contribution in [3.8, 4) is 0 Å². The van der Waals surface area contributed by atoms with E-state index in [9.17, 15) is 9.59 Å². The van der Waals surface area contributed by atoms with E-state index in [1.807, 2.05) is 19.9 Å². The summed E-state index contributed by atoms with van der Waals surface area (Å²) in [6, 6.07) is 6.12. The lowest BCUT2D eigenvalue weighted by Crippen LogP contribution is -2.28. The van der Waals surface area contributed by atoms with Crippen LogP contribution in [0.15, 0.2) is 23.6 Å². The number of carbonyl (C=O) groups is 2. The smallest absolute Gasteiger partial charge is 0.304 e. The van der Waals surface area contributed by atoms with Crippen LogP contribution in [0.5, 0.6) is 0 Å². The molecular formula is C18H24N2O3S. The van der Waals surface area contributed by atoms with Crippen LogP contribution in [-0.2, 0) is 17.8 Å². The number of rotatable bonds is 9. The Balaban J connectivity index is 2.01. The molecule has 0 aliphatic carbocycles. The summed E-state index contributed by atoms with van der Waals surface area (Å²) in [6.07, 6.45) is 1.00. The highest BCUT2D eigenvalue weighted by Gasteiger charge is 2.17. The summed E-state index contributed by atoms with van der Waals surface area (Å²) in [5.74, 6) is -0.806. The van der Waals surface area contributed by atoms with Crippen LogP contribution in [0.4, 0.5) is 0 Å². The molecule has 2 aromatic heterocycles. The number of aryl methyl sites for hydroxylation is 2. The zero-order valence-electron chi connectivity index (χ0n) is 14.4. The van der Waals surface area contributed by atoms with Gasteiger partial charge in [-0.15, -0.1) is 11.3 Å². The van der Waals surface area contributed by atoms with E-state index in [0.717, 1.165) is 29.9 Å². The molecule has 0 bridgehead atoms. The van der Waals surface area contributed by atoms with Gasteiger partial charge >= 0.3 is 5.97 Å². The second kappa shape index (κ2) is 8.26. The third-order valence-electron chi connectivity index (χ3n) is 4.16. The van der Waals surface area contributed by atoms with E-state index in [1.54, 1.807) is 23.3 Å². The molecule has 2 heterocycles. The topological polar surface area (TPSA) is 62.5 Å². The highest BCUT2D eigenvalue weighted by molar-refractivity contribution is 7.09. The van der Waals surface area contributed by atoms with Gasteiger partial charge in [0.1, 0.15) is 0 Å². The first kappa shape index (κ1) is 18.4. The maximum Gasteiger partial charge on any atom is 0.304 e. The first-order chi connectivity index (χ1) is 11.4. The van der Waals surface area contributed by atoms with Gasteiger partial charge in [-0.3, -0.25) is 14.5 Å². The summed E-state index contributed by atoms with van der Waals surface area (Å²) in [5, 5.41) is 10.8. The Morgan fingerprint density at radius 3 is 2.71 bits per heavy atom. The Morgan fingerprint density at radius 1 is 1.33 bits per heavy atom. The molecule has 2 aromatic rings. The fourth-order valence-corrected chi connectivity index (χ4v) is 3.50. The second-order valence-corrected chi connectivity index (χ2v) is 7.10. The minimum absolute atomic E-state index is 0.0402. The molecule has 0 aliphatic heterocycles. The minimum Gasteiger partial charge on any atom is -0.481 e. The number of hydrogen-bond donors (Lipinski definition) is 1. The molecule has 0 atom stereocenters. The van der Waals surface area contributed by atoms with E-state index < -0.39 is 5.97 Å². The lowest BCUT2D eigenvalue weighted by atomic mass is 10.1. The van der Waals surface area contributed by atoms with Crippen LogP contribution in [0.3, 0.4) is 0 Å². The number of nitrogens with zero attached hydrogens (tertiary/aromatic N) is 2. The summed E-state index contributed by atoms with van der Waals surface area (Å²) in [7, 11) is 1.77. The van der Waals surface area contributed by atoms with Crippen molar-refractivity contribution in [3.63, 3.8) is 0 Å². The van der Waals surface area contributed by atoms with Gasteiger partial charge in [-0.05, 0) is 44.8 Å². The highest BCUT2D eigenvalue weighted by Crippen LogP contribution is 2.18. The minimum atomic E-state index is -0.846. The Hall–Kier alpha value is -1.92. The normalized spacial score (nSPS) is 11.2. The third-order valence-corrected chi connectivity index (χ3v) is 5.09. The molecule has 1 N–H and O–H groups in total. The summed E-state index contributed by atoms with van der Waals surface area (Å²) in [6.45, 7) is 5.47. The molecule has 0 spiro atoms. The average molecular weight is 348 g/mol. The molecule has 0 amide bonds. The molecule has 0 aliphatic rings. The summed E-state index contributed by atoms with van der Waals surface area (Å²) >= 11 is 1.75. The van der Waals surface area contributed by atoms with Gasteiger partial charge in [-0.2, -0.15) is 0 Å². The van der Waals surface area contributed by atoms with Gasteiger partial charge < -0.3 is 9.67 Å². The Bertz CT molecular complexity index is 704. The monoisotopic (exact) mass is 348 g/mol. The number of Topliss-reactive ketones (excluding diaryl/α,β-unsaturated/α-hetero) is 1. The van der Waals surface area contributed by atoms with Crippen LogP contribution >= 0.6 is 11.3 Å². The number of carboxylic acids is 1. The zero-order chi connectivity index (χ0) is 17.7. The maximum absolute atomic E-state index is 12.5. The fraction of sp³-hybridized carbons (Fsp3) is 0.444. The van der Waals surface area contributed by atoms with E-state index in [4.69, 9.17) is 5.11 Å². The highest BCUT2D eigenvalue weighted by atomic mass is 32.1. The summed E-state index contributed by atoms with van der Waals surface area (Å²) < 4.78 is 2.18. The summed E-state index contributed by atoms with van der Waals surface area (Å²) in [5.41, 5.74) is 2.81. The van der Waals surface area contributed by atoms with Gasteiger partial charge in [0.15, 0.2) is 5.78 Å². The number of aromatic nitrogens is 1. The van der Waals surface area contributed by atoms with Crippen molar-refractivity contribution in [3.05, 3.63) is 45.4 Å². The molecule has 0 unspecified atom stereocenters. The van der Waals surface area contributed by atoms with Gasteiger partial charge in [0, 0.05) is 34.9 Å². The molecule has 0 aromatic carbocycles. The Morgan fingerprint density at radius 2 is 2.08 bits per heavy atom. The van der Waals surface area contributed by atoms with Crippen molar-refractivity contribution in [2.24, 2.45) is 0 Å². The van der Waals surface area contributed by atoms with Crippen molar-refractivity contribution >= 4 is 23.1 Å². The molecule has 24 heavy (non-hydrogen) atoms. The molecule has 130 valence electrons. The lowest BCUT2D eigenvalue weighted by molar-refractivity contribution is -0.137. The van der Waals surface area contributed by atoms with E-state index in [1.165, 1.54) is 4.88 Å². The van der Waals surface area contributed by atoms with Crippen LogP contribution in [0.2, 0.25) is 0 Å². The van der Waals surface area contributed by atoms with Crippen molar-refractivity contribution < 1.29 is 14.7 Å². The fourth-order valence-electron chi connectivity index (χ4n) is 2.80. The van der Waals surface area contributed by atoms with E-state index in [-0.39, 0.29) is 18.7 Å². The van der Waals surface area contributed by atoms with E-state index in [2.05, 4.69) is 22.1 Å². The molecule has 0 radical (unpaired) electrons. The average Bonchev–Trinajstić information content (AvgIpc) is 3.12. The molecule has 5 nitrogen and oxygen atoms in total. The molecular weight excluding hydrogens is 324 g/mol. The number of carboxylic acid groups (broad SMARTS) is 1. The predicted molar refractivity (Wildman–Crippen MR) is 96.0 cm³/mol. The molecule has 6 heteroatoms. The number of thiophene rings is 1. The van der Waals surface area contributed by atoms with Crippen molar-refractivity contribution in [1.29, 1.82) is 0 Å². The molecule has 0 saturated heterocycles. The maximum atomic E-state index is 12.5. The first-order valence-corrected chi connectivity index (χ1v) is 8.89. The predicted octanol–water partition coefficient (Wildman–Crippen LogP) is 3.00. The van der Waals surface area contributed by atoms with Crippen LogP contribution in [-0.4, -0.2) is 46.5 Å². The largest absolute Gasteiger partial charge is 0.481 e. The quantitative estimate of drug-likeness (QED) is 0.708. The number of aliphatic carboxylic acids is 1. The van der Waals surface area contributed by atoms with Crippen molar-refractivity contribution in [2.75, 3.05) is 20.1 Å². The Kier molecular flexibility index (Phi) is 6.34. The summed E-state index contributed by atoms with van der Waals surface area (Å²) in [4.78, 5) is 26.2. The lowest BCUT2D eigenvalue weighted by Gasteiger charge is -2.14. The number of likely N-dealkylation sites (N-methyl/N-ethyl adjacent to an activating group) is 1.